The second-order valence-corrected chi connectivity index (χ2v) is 8.24. The molecule has 154 valence electrons. The molecule has 1 aliphatic rings. The number of hydrogen-bond donors (Lipinski definition) is 1. The highest BCUT2D eigenvalue weighted by atomic mass is 16.5. The van der Waals surface area contributed by atoms with Crippen molar-refractivity contribution >= 4 is 17.5 Å². The first-order chi connectivity index (χ1) is 14.3. The number of ketones is 1. The molecule has 1 aliphatic carbocycles. The topological polar surface area (TPSA) is 94.3 Å². The molecule has 0 atom stereocenters. The van der Waals surface area contributed by atoms with Crippen molar-refractivity contribution in [1.82, 2.24) is 9.97 Å². The average molecular weight is 405 g/mol. The Balaban J connectivity index is 1.55. The Kier molecular flexibility index (Phi) is 5.11. The molecule has 0 spiro atoms. The quantitative estimate of drug-likeness (QED) is 0.678. The molecule has 7 nitrogen and oxygen atoms in total. The van der Waals surface area contributed by atoms with Crippen LogP contribution in [-0.4, -0.2) is 21.7 Å². The highest BCUT2D eigenvalue weighted by molar-refractivity contribution is 6.07. The first-order valence-corrected chi connectivity index (χ1v) is 9.77. The number of amides is 1. The van der Waals surface area contributed by atoms with Gasteiger partial charge in [-0.15, -0.1) is 0 Å². The Morgan fingerprint density at radius 1 is 1.20 bits per heavy atom. The molecule has 0 bridgehead atoms. The minimum Gasteiger partial charge on any atom is -0.485 e. The van der Waals surface area contributed by atoms with E-state index < -0.39 is 5.91 Å². The molecule has 3 aromatic rings. The van der Waals surface area contributed by atoms with E-state index in [9.17, 15) is 9.59 Å². The molecular weight excluding hydrogens is 382 g/mol. The van der Waals surface area contributed by atoms with E-state index in [-0.39, 0.29) is 22.8 Å². The maximum atomic E-state index is 12.9. The summed E-state index contributed by atoms with van der Waals surface area (Å²) in [6, 6.07) is 7.17. The number of anilines is 1. The van der Waals surface area contributed by atoms with Gasteiger partial charge in [0.1, 0.15) is 12.4 Å². The minimum absolute atomic E-state index is 0.0146. The summed E-state index contributed by atoms with van der Waals surface area (Å²) in [5.74, 6) is 0.998. The number of fused-ring (bicyclic) bond motifs is 1. The average Bonchev–Trinajstić information content (AvgIpc) is 3.03. The van der Waals surface area contributed by atoms with Crippen molar-refractivity contribution < 1.29 is 18.7 Å². The third-order valence-corrected chi connectivity index (χ3v) is 5.13. The molecular formula is C23H23N3O4. The van der Waals surface area contributed by atoms with E-state index in [2.05, 4.69) is 15.3 Å². The number of Topliss-reactive ketones (excluding diaryl/α,β-unsaturated/α-hetero) is 1. The van der Waals surface area contributed by atoms with Crippen LogP contribution in [0.1, 0.15) is 58.1 Å². The van der Waals surface area contributed by atoms with Gasteiger partial charge >= 0.3 is 0 Å². The Hall–Kier alpha value is -3.48. The fourth-order valence-corrected chi connectivity index (χ4v) is 3.70. The molecule has 0 radical (unpaired) electrons. The normalized spacial score (nSPS) is 14.8. The van der Waals surface area contributed by atoms with Gasteiger partial charge in [0.15, 0.2) is 23.1 Å². The summed E-state index contributed by atoms with van der Waals surface area (Å²) in [5, 5.41) is 2.76. The smallest absolute Gasteiger partial charge is 0.292 e. The number of carbonyl (C=O) groups is 2. The highest BCUT2D eigenvalue weighted by Gasteiger charge is 2.37. The number of aromatic nitrogens is 2. The van der Waals surface area contributed by atoms with Crippen LogP contribution in [0.25, 0.3) is 0 Å². The molecule has 0 saturated carbocycles. The zero-order valence-corrected chi connectivity index (χ0v) is 17.2. The van der Waals surface area contributed by atoms with Gasteiger partial charge in [-0.1, -0.05) is 13.8 Å². The van der Waals surface area contributed by atoms with Crippen LogP contribution in [0.15, 0.2) is 47.3 Å². The molecule has 3 heterocycles. The van der Waals surface area contributed by atoms with E-state index >= 15 is 0 Å². The van der Waals surface area contributed by atoms with Crippen molar-refractivity contribution in [2.45, 2.75) is 40.2 Å². The predicted octanol–water partition coefficient (Wildman–Crippen LogP) is 4.36. The molecule has 0 aromatic carbocycles. The van der Waals surface area contributed by atoms with Crippen molar-refractivity contribution in [1.29, 1.82) is 0 Å². The number of pyridine rings is 2. The molecule has 4 rings (SSSR count). The molecule has 3 aromatic heterocycles. The van der Waals surface area contributed by atoms with Crippen LogP contribution in [0.4, 0.5) is 5.82 Å². The van der Waals surface area contributed by atoms with E-state index in [1.165, 1.54) is 0 Å². The van der Waals surface area contributed by atoms with Crippen molar-refractivity contribution in [3.63, 3.8) is 0 Å². The summed E-state index contributed by atoms with van der Waals surface area (Å²) < 4.78 is 11.7. The van der Waals surface area contributed by atoms with Gasteiger partial charge in [-0.2, -0.15) is 0 Å². The van der Waals surface area contributed by atoms with E-state index in [1.807, 2.05) is 26.0 Å². The first kappa shape index (κ1) is 19.8. The van der Waals surface area contributed by atoms with Crippen molar-refractivity contribution in [2.24, 2.45) is 5.41 Å². The molecule has 1 N–H and O–H groups in total. The Labute approximate surface area is 174 Å². The van der Waals surface area contributed by atoms with E-state index in [0.717, 1.165) is 5.56 Å². The van der Waals surface area contributed by atoms with Gasteiger partial charge in [0, 0.05) is 37.0 Å². The number of hydrogen-bond acceptors (Lipinski definition) is 6. The van der Waals surface area contributed by atoms with Crippen LogP contribution in [0.3, 0.4) is 0 Å². The lowest BCUT2D eigenvalue weighted by atomic mass is 9.76. The van der Waals surface area contributed by atoms with Crippen LogP contribution in [-0.2, 0) is 13.0 Å². The summed E-state index contributed by atoms with van der Waals surface area (Å²) in [5.41, 5.74) is 1.87. The summed E-state index contributed by atoms with van der Waals surface area (Å²) in [6.07, 6.45) is 6.00. The number of carbonyl (C=O) groups excluding carboxylic acids is 2. The monoisotopic (exact) mass is 405 g/mol. The predicted molar refractivity (Wildman–Crippen MR) is 111 cm³/mol. The van der Waals surface area contributed by atoms with E-state index in [0.29, 0.717) is 42.1 Å². The lowest BCUT2D eigenvalue weighted by molar-refractivity contribution is 0.0898. The van der Waals surface area contributed by atoms with Gasteiger partial charge in [-0.05, 0) is 42.2 Å². The molecule has 0 aliphatic heterocycles. The van der Waals surface area contributed by atoms with Gasteiger partial charge in [-0.25, -0.2) is 4.98 Å². The number of ether oxygens (including phenoxy) is 1. The molecule has 1 amide bonds. The van der Waals surface area contributed by atoms with Crippen LogP contribution in [0, 0.1) is 12.3 Å². The minimum atomic E-state index is -0.458. The van der Waals surface area contributed by atoms with Crippen LogP contribution in [0.2, 0.25) is 0 Å². The third-order valence-electron chi connectivity index (χ3n) is 5.13. The molecule has 0 saturated heterocycles. The maximum Gasteiger partial charge on any atom is 0.292 e. The van der Waals surface area contributed by atoms with E-state index in [4.69, 9.17) is 9.15 Å². The molecule has 30 heavy (non-hydrogen) atoms. The second kappa shape index (κ2) is 7.74. The van der Waals surface area contributed by atoms with Crippen molar-refractivity contribution in [2.75, 3.05) is 5.32 Å². The number of furan rings is 1. The first-order valence-electron chi connectivity index (χ1n) is 9.77. The van der Waals surface area contributed by atoms with Gasteiger partial charge in [0.2, 0.25) is 0 Å². The Bertz CT molecular complexity index is 1100. The molecule has 7 heteroatoms. The van der Waals surface area contributed by atoms with Gasteiger partial charge < -0.3 is 14.5 Å². The SMILES string of the molecule is Cc1c(C(=O)Nc2ncccc2OCc2ccncc2)oc2c1C(=O)CC(C)(C)C2. The zero-order chi connectivity index (χ0) is 21.3. The fourth-order valence-electron chi connectivity index (χ4n) is 3.70. The molecule has 0 unspecified atom stereocenters. The highest BCUT2D eigenvalue weighted by Crippen LogP contribution is 2.38. The second-order valence-electron chi connectivity index (χ2n) is 8.24. The van der Waals surface area contributed by atoms with Crippen molar-refractivity contribution in [3.8, 4) is 5.75 Å². The number of rotatable bonds is 5. The van der Waals surface area contributed by atoms with Gasteiger partial charge in [-0.3, -0.25) is 14.6 Å². The van der Waals surface area contributed by atoms with Crippen LogP contribution in [0.5, 0.6) is 5.75 Å². The number of nitrogens with zero attached hydrogens (tertiary/aromatic N) is 2. The fraction of sp³-hybridized carbons (Fsp3) is 0.304. The summed E-state index contributed by atoms with van der Waals surface area (Å²) >= 11 is 0. The Morgan fingerprint density at radius 2 is 1.97 bits per heavy atom. The molecule has 0 fully saturated rings. The van der Waals surface area contributed by atoms with Crippen LogP contribution >= 0.6 is 0 Å². The van der Waals surface area contributed by atoms with Gasteiger partial charge in [0.05, 0.1) is 5.56 Å². The number of nitrogens with one attached hydrogen (secondary N) is 1. The summed E-state index contributed by atoms with van der Waals surface area (Å²) in [6.45, 7) is 6.10. The lowest BCUT2D eigenvalue weighted by Gasteiger charge is -2.27. The largest absolute Gasteiger partial charge is 0.485 e. The lowest BCUT2D eigenvalue weighted by Crippen LogP contribution is -2.26. The van der Waals surface area contributed by atoms with Crippen LogP contribution < -0.4 is 10.1 Å². The standard InChI is InChI=1S/C23H23N3O4/c1-14-19-16(27)11-23(2,3)12-18(19)30-20(14)22(28)26-21-17(5-4-8-25-21)29-13-15-6-9-24-10-7-15/h4-10H,11-13H2,1-3H3,(H,25,26,28). The maximum absolute atomic E-state index is 12.9. The van der Waals surface area contributed by atoms with Gasteiger partial charge in [0.25, 0.3) is 5.91 Å². The summed E-state index contributed by atoms with van der Waals surface area (Å²) in [4.78, 5) is 33.7. The van der Waals surface area contributed by atoms with E-state index in [1.54, 1.807) is 37.6 Å². The van der Waals surface area contributed by atoms with Crippen molar-refractivity contribution in [3.05, 3.63) is 71.1 Å². The third kappa shape index (κ3) is 3.96. The summed E-state index contributed by atoms with van der Waals surface area (Å²) in [7, 11) is 0. The Morgan fingerprint density at radius 3 is 2.73 bits per heavy atom. The zero-order valence-electron chi connectivity index (χ0n) is 17.2.